The van der Waals surface area contributed by atoms with E-state index in [-0.39, 0.29) is 17.5 Å². The first kappa shape index (κ1) is 14.0. The highest BCUT2D eigenvalue weighted by molar-refractivity contribution is 7.91. The van der Waals surface area contributed by atoms with Gasteiger partial charge in [0.05, 0.1) is 17.5 Å². The Kier molecular flexibility index (Phi) is 5.46. The second-order valence-electron chi connectivity index (χ2n) is 3.73. The molecule has 0 fully saturated rings. The summed E-state index contributed by atoms with van der Waals surface area (Å²) in [5.74, 6) is 5.80. The van der Waals surface area contributed by atoms with Gasteiger partial charge in [-0.3, -0.25) is 11.3 Å². The van der Waals surface area contributed by atoms with Crippen molar-refractivity contribution in [1.82, 2.24) is 15.4 Å². The minimum Gasteiger partial charge on any atom is -0.271 e. The molecule has 0 aliphatic heterocycles. The van der Waals surface area contributed by atoms with E-state index in [1.807, 2.05) is 0 Å². The Morgan fingerprint density at radius 3 is 2.82 bits per heavy atom. The molecule has 0 saturated carbocycles. The molecule has 1 atom stereocenters. The molecule has 0 aliphatic rings. The Morgan fingerprint density at radius 1 is 1.53 bits per heavy atom. The van der Waals surface area contributed by atoms with Crippen LogP contribution in [0.5, 0.6) is 0 Å². The van der Waals surface area contributed by atoms with Gasteiger partial charge in [-0.2, -0.15) is 0 Å². The number of hydrogen-bond acceptors (Lipinski definition) is 6. The fraction of sp³-hybridized carbons (Fsp3) is 0.600. The quantitative estimate of drug-likeness (QED) is 0.535. The molecule has 0 aromatic carbocycles. The third kappa shape index (κ3) is 4.76. The molecule has 0 saturated heterocycles. The van der Waals surface area contributed by atoms with E-state index in [0.717, 1.165) is 5.69 Å². The molecule has 0 radical (unpaired) electrons. The molecule has 0 spiro atoms. The van der Waals surface area contributed by atoms with Crippen LogP contribution in [-0.2, 0) is 9.84 Å². The summed E-state index contributed by atoms with van der Waals surface area (Å²) in [7, 11) is -2.91. The van der Waals surface area contributed by atoms with E-state index in [4.69, 9.17) is 5.84 Å². The lowest BCUT2D eigenvalue weighted by atomic mass is 10.1. The van der Waals surface area contributed by atoms with Crippen molar-refractivity contribution in [2.45, 2.75) is 25.8 Å². The minimum atomic E-state index is -2.91. The predicted octanol–water partition coefficient (Wildman–Crippen LogP) is 0.196. The predicted molar refractivity (Wildman–Crippen MR) is 65.7 cm³/mol. The monoisotopic (exact) mass is 258 g/mol. The van der Waals surface area contributed by atoms with Crippen LogP contribution < -0.4 is 11.3 Å². The van der Waals surface area contributed by atoms with Gasteiger partial charge in [0.15, 0.2) is 0 Å². The van der Waals surface area contributed by atoms with Gasteiger partial charge in [0.2, 0.25) is 0 Å². The molecule has 0 aliphatic carbocycles. The maximum atomic E-state index is 11.3. The van der Waals surface area contributed by atoms with Gasteiger partial charge in [-0.05, 0) is 18.9 Å². The molecule has 96 valence electrons. The molecule has 0 bridgehead atoms. The lowest BCUT2D eigenvalue weighted by molar-refractivity contribution is 0.495. The molecule has 1 rings (SSSR count). The van der Waals surface area contributed by atoms with E-state index < -0.39 is 9.84 Å². The molecule has 0 amide bonds. The molecule has 1 aromatic heterocycles. The second kappa shape index (κ2) is 6.63. The third-order valence-corrected chi connectivity index (χ3v) is 4.34. The van der Waals surface area contributed by atoms with Gasteiger partial charge < -0.3 is 0 Å². The van der Waals surface area contributed by atoms with Crippen LogP contribution in [0, 0.1) is 0 Å². The number of nitrogens with two attached hydrogens (primary N) is 1. The Morgan fingerprint density at radius 2 is 2.29 bits per heavy atom. The Hall–Kier alpha value is -1.05. The molecule has 1 heterocycles. The van der Waals surface area contributed by atoms with Crippen molar-refractivity contribution in [3.8, 4) is 0 Å². The van der Waals surface area contributed by atoms with Crippen LogP contribution in [0.1, 0.15) is 31.5 Å². The first-order valence-corrected chi connectivity index (χ1v) is 7.33. The van der Waals surface area contributed by atoms with E-state index in [1.54, 1.807) is 19.2 Å². The lowest BCUT2D eigenvalue weighted by Gasteiger charge is -2.14. The van der Waals surface area contributed by atoms with Gasteiger partial charge >= 0.3 is 0 Å². The highest BCUT2D eigenvalue weighted by Crippen LogP contribution is 2.14. The molecule has 3 N–H and O–H groups in total. The molecule has 6 nitrogen and oxygen atoms in total. The summed E-state index contributed by atoms with van der Waals surface area (Å²) in [6, 6.07) is 1.63. The molecule has 1 unspecified atom stereocenters. The normalized spacial score (nSPS) is 13.5. The van der Waals surface area contributed by atoms with Crippen molar-refractivity contribution in [1.29, 1.82) is 0 Å². The van der Waals surface area contributed by atoms with E-state index in [9.17, 15) is 8.42 Å². The smallest absolute Gasteiger partial charge is 0.150 e. The summed E-state index contributed by atoms with van der Waals surface area (Å²) in [6.07, 6.45) is 4.28. The Bertz CT molecular complexity index is 421. The highest BCUT2D eigenvalue weighted by atomic mass is 32.2. The zero-order valence-electron chi connectivity index (χ0n) is 9.83. The largest absolute Gasteiger partial charge is 0.271 e. The van der Waals surface area contributed by atoms with Crippen molar-refractivity contribution in [3.63, 3.8) is 0 Å². The third-order valence-electron chi connectivity index (χ3n) is 2.55. The summed E-state index contributed by atoms with van der Waals surface area (Å²) >= 11 is 0. The molecular formula is C10H18N4O2S. The SMILES string of the molecule is CCS(=O)(=O)CCCC(NN)c1ccncn1. The van der Waals surface area contributed by atoms with E-state index >= 15 is 0 Å². The number of rotatable bonds is 7. The standard InChI is InChI=1S/C10H18N4O2S/c1-2-17(15,16)7-3-4-10(14-11)9-5-6-12-8-13-9/h5-6,8,10,14H,2-4,7,11H2,1H3. The minimum absolute atomic E-state index is 0.134. The summed E-state index contributed by atoms with van der Waals surface area (Å²) in [6.45, 7) is 1.65. The average molecular weight is 258 g/mol. The summed E-state index contributed by atoms with van der Waals surface area (Å²) in [4.78, 5) is 7.90. The van der Waals surface area contributed by atoms with Crippen molar-refractivity contribution >= 4 is 9.84 Å². The lowest BCUT2D eigenvalue weighted by Crippen LogP contribution is -2.29. The zero-order chi connectivity index (χ0) is 12.7. The second-order valence-corrected chi connectivity index (χ2v) is 6.20. The van der Waals surface area contributed by atoms with Crippen LogP contribution in [-0.4, -0.2) is 29.9 Å². The summed E-state index contributed by atoms with van der Waals surface area (Å²) in [5, 5.41) is 0. The summed E-state index contributed by atoms with van der Waals surface area (Å²) < 4.78 is 22.7. The van der Waals surface area contributed by atoms with Gasteiger partial charge in [0.25, 0.3) is 0 Å². The maximum absolute atomic E-state index is 11.3. The maximum Gasteiger partial charge on any atom is 0.150 e. The molecule has 1 aromatic rings. The molecular weight excluding hydrogens is 240 g/mol. The van der Waals surface area contributed by atoms with Crippen molar-refractivity contribution in [2.24, 2.45) is 5.84 Å². The first-order valence-electron chi connectivity index (χ1n) is 5.51. The highest BCUT2D eigenvalue weighted by Gasteiger charge is 2.13. The molecule has 7 heteroatoms. The first-order chi connectivity index (χ1) is 8.09. The van der Waals surface area contributed by atoms with Crippen LogP contribution in [0.25, 0.3) is 0 Å². The Labute approximate surface area is 102 Å². The van der Waals surface area contributed by atoms with Crippen molar-refractivity contribution < 1.29 is 8.42 Å². The Balaban J connectivity index is 2.50. The fourth-order valence-corrected chi connectivity index (χ4v) is 2.37. The van der Waals surface area contributed by atoms with Gasteiger partial charge in [0, 0.05) is 11.9 Å². The zero-order valence-corrected chi connectivity index (χ0v) is 10.7. The van der Waals surface area contributed by atoms with Crippen LogP contribution in [0.4, 0.5) is 0 Å². The summed E-state index contributed by atoms with van der Waals surface area (Å²) in [5.41, 5.74) is 3.41. The topological polar surface area (TPSA) is 98.0 Å². The molecule has 17 heavy (non-hydrogen) atoms. The van der Waals surface area contributed by atoms with Crippen LogP contribution in [0.15, 0.2) is 18.6 Å². The van der Waals surface area contributed by atoms with Crippen LogP contribution in [0.2, 0.25) is 0 Å². The van der Waals surface area contributed by atoms with Crippen LogP contribution in [0.3, 0.4) is 0 Å². The van der Waals surface area contributed by atoms with Gasteiger partial charge in [-0.1, -0.05) is 6.92 Å². The number of hydrazine groups is 1. The fourth-order valence-electron chi connectivity index (χ4n) is 1.48. The van der Waals surface area contributed by atoms with E-state index in [2.05, 4.69) is 15.4 Å². The van der Waals surface area contributed by atoms with Crippen LogP contribution >= 0.6 is 0 Å². The van der Waals surface area contributed by atoms with E-state index in [1.165, 1.54) is 6.33 Å². The van der Waals surface area contributed by atoms with E-state index in [0.29, 0.717) is 12.8 Å². The van der Waals surface area contributed by atoms with Crippen molar-refractivity contribution in [3.05, 3.63) is 24.3 Å². The average Bonchev–Trinajstić information content (AvgIpc) is 2.36. The van der Waals surface area contributed by atoms with Gasteiger partial charge in [-0.25, -0.2) is 18.4 Å². The number of nitrogens with one attached hydrogen (secondary N) is 1. The number of aromatic nitrogens is 2. The van der Waals surface area contributed by atoms with Gasteiger partial charge in [-0.15, -0.1) is 0 Å². The number of sulfone groups is 1. The number of hydrogen-bond donors (Lipinski definition) is 2. The number of nitrogens with zero attached hydrogens (tertiary/aromatic N) is 2. The van der Waals surface area contributed by atoms with Crippen molar-refractivity contribution in [2.75, 3.05) is 11.5 Å². The van der Waals surface area contributed by atoms with Gasteiger partial charge in [0.1, 0.15) is 16.2 Å².